The Morgan fingerprint density at radius 2 is 2.33 bits per heavy atom. The molecule has 0 aliphatic rings. The summed E-state index contributed by atoms with van der Waals surface area (Å²) in [5, 5.41) is 0. The quantitative estimate of drug-likeness (QED) is 0.595. The van der Waals surface area contributed by atoms with Crippen molar-refractivity contribution >= 4 is 17.9 Å². The van der Waals surface area contributed by atoms with E-state index in [1.54, 1.807) is 0 Å². The lowest BCUT2D eigenvalue weighted by molar-refractivity contribution is 0.110. The van der Waals surface area contributed by atoms with Gasteiger partial charge in [0.15, 0.2) is 6.29 Å². The fourth-order valence-electron chi connectivity index (χ4n) is 1.13. The van der Waals surface area contributed by atoms with Gasteiger partial charge in [0, 0.05) is 17.2 Å². The van der Waals surface area contributed by atoms with E-state index < -0.39 is 12.0 Å². The van der Waals surface area contributed by atoms with Crippen LogP contribution in [0.2, 0.25) is 0 Å². The SMILES string of the molecule is COc1cc(C(F)F)c(C=O)c(CCl)n1. The molecule has 0 aromatic carbocycles. The molecule has 0 fully saturated rings. The summed E-state index contributed by atoms with van der Waals surface area (Å²) in [5.74, 6) is -0.100. The number of nitrogens with zero attached hydrogens (tertiary/aromatic N) is 1. The Morgan fingerprint density at radius 1 is 1.67 bits per heavy atom. The molecule has 6 heteroatoms. The van der Waals surface area contributed by atoms with Crippen molar-refractivity contribution in [1.29, 1.82) is 0 Å². The molecule has 0 bridgehead atoms. The lowest BCUT2D eigenvalue weighted by Gasteiger charge is -2.09. The predicted octanol–water partition coefficient (Wildman–Crippen LogP) is 2.58. The van der Waals surface area contributed by atoms with Crippen molar-refractivity contribution in [2.75, 3.05) is 7.11 Å². The molecule has 0 amide bonds. The van der Waals surface area contributed by atoms with Gasteiger partial charge in [0.1, 0.15) is 0 Å². The number of carbonyl (C=O) groups is 1. The first-order valence-corrected chi connectivity index (χ1v) is 4.54. The minimum absolute atomic E-state index is 0.0200. The van der Waals surface area contributed by atoms with Crippen LogP contribution in [0.15, 0.2) is 6.07 Å². The average Bonchev–Trinajstić information content (AvgIpc) is 2.26. The van der Waals surface area contributed by atoms with Crippen molar-refractivity contribution in [2.24, 2.45) is 0 Å². The highest BCUT2D eigenvalue weighted by Gasteiger charge is 2.18. The fraction of sp³-hybridized carbons (Fsp3) is 0.333. The van der Waals surface area contributed by atoms with E-state index >= 15 is 0 Å². The zero-order valence-corrected chi connectivity index (χ0v) is 8.59. The summed E-state index contributed by atoms with van der Waals surface area (Å²) in [6, 6.07) is 1.03. The number of pyridine rings is 1. The number of carbonyl (C=O) groups excluding carboxylic acids is 1. The normalized spacial score (nSPS) is 10.5. The molecule has 0 N–H and O–H groups in total. The highest BCUT2D eigenvalue weighted by molar-refractivity contribution is 6.17. The van der Waals surface area contributed by atoms with Crippen molar-refractivity contribution in [3.05, 3.63) is 22.9 Å². The van der Waals surface area contributed by atoms with Crippen LogP contribution in [0, 0.1) is 0 Å². The van der Waals surface area contributed by atoms with Gasteiger partial charge < -0.3 is 4.74 Å². The van der Waals surface area contributed by atoms with E-state index in [1.807, 2.05) is 0 Å². The molecule has 0 radical (unpaired) electrons. The third-order valence-electron chi connectivity index (χ3n) is 1.83. The zero-order valence-electron chi connectivity index (χ0n) is 7.84. The summed E-state index contributed by atoms with van der Waals surface area (Å²) in [6.07, 6.45) is -2.44. The van der Waals surface area contributed by atoms with E-state index in [-0.39, 0.29) is 23.0 Å². The van der Waals surface area contributed by atoms with Crippen LogP contribution in [0.5, 0.6) is 5.88 Å². The highest BCUT2D eigenvalue weighted by Crippen LogP contribution is 2.27. The summed E-state index contributed by atoms with van der Waals surface area (Å²) >= 11 is 5.49. The number of ether oxygens (including phenoxy) is 1. The van der Waals surface area contributed by atoms with Crippen LogP contribution in [0.25, 0.3) is 0 Å². The topological polar surface area (TPSA) is 39.2 Å². The van der Waals surface area contributed by atoms with E-state index in [0.29, 0.717) is 6.29 Å². The second-order valence-corrected chi connectivity index (χ2v) is 2.93. The molecule has 0 saturated carbocycles. The number of hydrogen-bond donors (Lipinski definition) is 0. The number of methoxy groups -OCH3 is 1. The maximum atomic E-state index is 12.6. The van der Waals surface area contributed by atoms with Crippen molar-refractivity contribution < 1.29 is 18.3 Å². The van der Waals surface area contributed by atoms with Gasteiger partial charge in [-0.05, 0) is 0 Å². The van der Waals surface area contributed by atoms with Gasteiger partial charge in [0.05, 0.1) is 18.7 Å². The summed E-state index contributed by atoms with van der Waals surface area (Å²) in [5.41, 5.74) is -0.477. The first-order chi connectivity index (χ1) is 7.13. The highest BCUT2D eigenvalue weighted by atomic mass is 35.5. The average molecular weight is 236 g/mol. The molecule has 1 aromatic heterocycles. The molecule has 0 saturated heterocycles. The standard InChI is InChI=1S/C9H8ClF2NO2/c1-15-8-2-5(9(11)12)6(4-14)7(3-10)13-8/h2,4,9H,3H2,1H3. The Kier molecular flexibility index (Phi) is 3.96. The van der Waals surface area contributed by atoms with Crippen LogP contribution < -0.4 is 4.74 Å². The zero-order chi connectivity index (χ0) is 11.4. The smallest absolute Gasteiger partial charge is 0.264 e. The Hall–Kier alpha value is -1.23. The predicted molar refractivity (Wildman–Crippen MR) is 50.7 cm³/mol. The van der Waals surface area contributed by atoms with Crippen molar-refractivity contribution in [2.45, 2.75) is 12.3 Å². The Morgan fingerprint density at radius 3 is 2.73 bits per heavy atom. The van der Waals surface area contributed by atoms with Gasteiger partial charge in [-0.2, -0.15) is 0 Å². The molecule has 0 spiro atoms. The largest absolute Gasteiger partial charge is 0.481 e. The van der Waals surface area contributed by atoms with E-state index in [1.165, 1.54) is 7.11 Å². The lowest BCUT2D eigenvalue weighted by atomic mass is 10.1. The Labute approximate surface area is 90.0 Å². The Balaban J connectivity index is 3.38. The van der Waals surface area contributed by atoms with Crippen molar-refractivity contribution in [3.8, 4) is 5.88 Å². The van der Waals surface area contributed by atoms with Crippen molar-refractivity contribution in [3.63, 3.8) is 0 Å². The van der Waals surface area contributed by atoms with Crippen molar-refractivity contribution in [1.82, 2.24) is 4.98 Å². The molecule has 0 aliphatic heterocycles. The van der Waals surface area contributed by atoms with Crippen LogP contribution >= 0.6 is 11.6 Å². The minimum atomic E-state index is -2.76. The van der Waals surface area contributed by atoms with E-state index in [4.69, 9.17) is 16.3 Å². The minimum Gasteiger partial charge on any atom is -0.481 e. The molecular formula is C9H8ClF2NO2. The molecule has 82 valence electrons. The number of alkyl halides is 3. The first kappa shape index (κ1) is 11.8. The van der Waals surface area contributed by atoms with Crippen LogP contribution in [-0.4, -0.2) is 18.4 Å². The van der Waals surface area contributed by atoms with Gasteiger partial charge in [-0.25, -0.2) is 13.8 Å². The summed E-state index contributed by atoms with van der Waals surface area (Å²) in [4.78, 5) is 14.4. The third-order valence-corrected chi connectivity index (χ3v) is 2.09. The number of aromatic nitrogens is 1. The van der Waals surface area contributed by atoms with Gasteiger partial charge in [-0.15, -0.1) is 11.6 Å². The molecule has 15 heavy (non-hydrogen) atoms. The molecule has 0 aliphatic carbocycles. The molecule has 1 heterocycles. The molecule has 1 aromatic rings. The van der Waals surface area contributed by atoms with E-state index in [2.05, 4.69) is 4.98 Å². The van der Waals surface area contributed by atoms with Crippen LogP contribution in [0.4, 0.5) is 8.78 Å². The van der Waals surface area contributed by atoms with E-state index in [9.17, 15) is 13.6 Å². The van der Waals surface area contributed by atoms with Crippen LogP contribution in [0.1, 0.15) is 28.0 Å². The third kappa shape index (κ3) is 2.41. The number of rotatable bonds is 4. The van der Waals surface area contributed by atoms with Gasteiger partial charge in [0.2, 0.25) is 5.88 Å². The summed E-state index contributed by atoms with van der Waals surface area (Å²) < 4.78 is 29.9. The molecule has 0 atom stereocenters. The molecular weight excluding hydrogens is 228 g/mol. The fourth-order valence-corrected chi connectivity index (χ4v) is 1.33. The van der Waals surface area contributed by atoms with Crippen LogP contribution in [-0.2, 0) is 5.88 Å². The van der Waals surface area contributed by atoms with E-state index in [0.717, 1.165) is 6.07 Å². The lowest BCUT2D eigenvalue weighted by Crippen LogP contribution is -2.03. The maximum Gasteiger partial charge on any atom is 0.264 e. The Bertz CT molecular complexity index is 371. The molecule has 0 unspecified atom stereocenters. The second kappa shape index (κ2) is 5.02. The monoisotopic (exact) mass is 235 g/mol. The molecule has 1 rings (SSSR count). The number of halogens is 3. The number of hydrogen-bond acceptors (Lipinski definition) is 3. The second-order valence-electron chi connectivity index (χ2n) is 2.67. The summed E-state index contributed by atoms with van der Waals surface area (Å²) in [6.45, 7) is 0. The van der Waals surface area contributed by atoms with Gasteiger partial charge in [-0.1, -0.05) is 0 Å². The molecule has 3 nitrogen and oxygen atoms in total. The summed E-state index contributed by atoms with van der Waals surface area (Å²) in [7, 11) is 1.30. The number of aldehydes is 1. The first-order valence-electron chi connectivity index (χ1n) is 4.01. The van der Waals surface area contributed by atoms with Gasteiger partial charge in [-0.3, -0.25) is 4.79 Å². The van der Waals surface area contributed by atoms with Crippen LogP contribution in [0.3, 0.4) is 0 Å². The maximum absolute atomic E-state index is 12.6. The van der Waals surface area contributed by atoms with Gasteiger partial charge >= 0.3 is 0 Å². The van der Waals surface area contributed by atoms with Gasteiger partial charge in [0.25, 0.3) is 6.43 Å².